The summed E-state index contributed by atoms with van der Waals surface area (Å²) in [6, 6.07) is 17.1. The Labute approximate surface area is 259 Å². The van der Waals surface area contributed by atoms with Crippen LogP contribution in [0.4, 0.5) is 15.8 Å². The Balaban J connectivity index is 1.43. The molecule has 0 bridgehead atoms. The summed E-state index contributed by atoms with van der Waals surface area (Å²) in [5, 5.41) is 2.25. The van der Waals surface area contributed by atoms with Gasteiger partial charge in [0.15, 0.2) is 11.5 Å². The third-order valence-electron chi connectivity index (χ3n) is 7.58. The van der Waals surface area contributed by atoms with E-state index in [-0.39, 0.29) is 6.54 Å². The fourth-order valence-corrected chi connectivity index (χ4v) is 8.30. The van der Waals surface area contributed by atoms with E-state index in [9.17, 15) is 23.6 Å². The zero-order chi connectivity index (χ0) is 31.1. The van der Waals surface area contributed by atoms with Crippen LogP contribution in [0.25, 0.3) is 0 Å². The van der Waals surface area contributed by atoms with Crippen molar-refractivity contribution in [3.8, 4) is 17.2 Å². The molecule has 13 heteroatoms. The fraction of sp³-hybridized carbons (Fsp3) is 0.226. The van der Waals surface area contributed by atoms with Crippen LogP contribution >= 0.6 is 23.1 Å². The van der Waals surface area contributed by atoms with Gasteiger partial charge in [-0.05, 0) is 66.2 Å². The molecule has 0 saturated carbocycles. The number of carbonyl (C=O) groups is 3. The summed E-state index contributed by atoms with van der Waals surface area (Å²) in [5.41, 5.74) is 1.43. The van der Waals surface area contributed by atoms with Gasteiger partial charge in [0.05, 0.1) is 38.0 Å². The number of rotatable bonds is 8. The Morgan fingerprint density at radius 2 is 1.59 bits per heavy atom. The monoisotopic (exact) mass is 635 g/mol. The number of hydrogen-bond donors (Lipinski definition) is 1. The lowest BCUT2D eigenvalue weighted by atomic mass is 9.83. The Hall–Kier alpha value is -4.62. The molecule has 1 aromatic heterocycles. The molecule has 1 fully saturated rings. The van der Waals surface area contributed by atoms with Crippen LogP contribution in [-0.2, 0) is 20.9 Å². The molecule has 3 atom stereocenters. The highest BCUT2D eigenvalue weighted by molar-refractivity contribution is 8.00. The first-order valence-electron chi connectivity index (χ1n) is 13.4. The summed E-state index contributed by atoms with van der Waals surface area (Å²) in [6.07, 6.45) is 0. The van der Waals surface area contributed by atoms with Crippen molar-refractivity contribution in [3.63, 3.8) is 0 Å². The van der Waals surface area contributed by atoms with E-state index in [0.717, 1.165) is 23.1 Å². The summed E-state index contributed by atoms with van der Waals surface area (Å²) in [5.74, 6) is -1.80. The maximum Gasteiger partial charge on any atom is 0.308 e. The largest absolute Gasteiger partial charge is 0.497 e. The van der Waals surface area contributed by atoms with Gasteiger partial charge < -0.3 is 19.5 Å². The molecule has 4 aromatic rings. The Morgan fingerprint density at radius 1 is 0.886 bits per heavy atom. The maximum atomic E-state index is 14.1. The number of nitrogens with zero attached hydrogens (tertiary/aromatic N) is 2. The molecule has 6 rings (SSSR count). The van der Waals surface area contributed by atoms with Gasteiger partial charge in [0.1, 0.15) is 23.4 Å². The van der Waals surface area contributed by atoms with Crippen LogP contribution in [0.3, 0.4) is 0 Å². The SMILES string of the molecule is COc1ccc(N2C(=O)[C@H]3[C@H](c4ccc(OC)c(OC)c4)c4sc(=O)n(CC(=O)Nc5ccc(F)cc5)c4S[C@H]3C2=O)cc1. The lowest BCUT2D eigenvalue weighted by molar-refractivity contribution is -0.122. The van der Waals surface area contributed by atoms with Crippen LogP contribution in [0.2, 0.25) is 0 Å². The van der Waals surface area contributed by atoms with Gasteiger partial charge >= 0.3 is 4.87 Å². The van der Waals surface area contributed by atoms with E-state index in [1.165, 1.54) is 55.1 Å². The van der Waals surface area contributed by atoms with E-state index >= 15 is 0 Å². The third-order valence-corrected chi connectivity index (χ3v) is 10.2. The van der Waals surface area contributed by atoms with Crippen LogP contribution < -0.4 is 29.3 Å². The number of hydrogen-bond acceptors (Lipinski definition) is 9. The number of imide groups is 1. The molecule has 10 nitrogen and oxygen atoms in total. The number of amides is 3. The summed E-state index contributed by atoms with van der Waals surface area (Å²) >= 11 is 2.04. The number of thiazole rings is 1. The van der Waals surface area contributed by atoms with Crippen molar-refractivity contribution in [2.45, 2.75) is 22.7 Å². The molecule has 1 saturated heterocycles. The number of methoxy groups -OCH3 is 3. The lowest BCUT2D eigenvalue weighted by Gasteiger charge is -2.31. The number of anilines is 2. The first-order chi connectivity index (χ1) is 21.2. The molecule has 226 valence electrons. The Morgan fingerprint density at radius 3 is 2.25 bits per heavy atom. The Bertz CT molecular complexity index is 1820. The van der Waals surface area contributed by atoms with Crippen LogP contribution in [0, 0.1) is 11.7 Å². The number of carbonyl (C=O) groups excluding carboxylic acids is 3. The van der Waals surface area contributed by atoms with Crippen molar-refractivity contribution in [2.24, 2.45) is 5.92 Å². The van der Waals surface area contributed by atoms with Crippen LogP contribution in [0.1, 0.15) is 16.4 Å². The van der Waals surface area contributed by atoms with Crippen molar-refractivity contribution in [2.75, 3.05) is 31.5 Å². The van der Waals surface area contributed by atoms with E-state index in [0.29, 0.717) is 44.1 Å². The normalized spacial score (nSPS) is 18.9. The van der Waals surface area contributed by atoms with Gasteiger partial charge in [0.2, 0.25) is 17.7 Å². The number of benzene rings is 3. The molecule has 1 N–H and O–H groups in total. The van der Waals surface area contributed by atoms with Gasteiger partial charge in [0, 0.05) is 16.5 Å². The molecule has 0 radical (unpaired) electrons. The molecule has 0 unspecified atom stereocenters. The predicted octanol–water partition coefficient (Wildman–Crippen LogP) is 4.51. The Kier molecular flexibility index (Phi) is 7.91. The summed E-state index contributed by atoms with van der Waals surface area (Å²) in [7, 11) is 4.53. The van der Waals surface area contributed by atoms with Gasteiger partial charge in [-0.1, -0.05) is 29.2 Å². The molecule has 3 aromatic carbocycles. The second kappa shape index (κ2) is 11.8. The molecule has 2 aliphatic heterocycles. The van der Waals surface area contributed by atoms with E-state index in [1.54, 1.807) is 42.5 Å². The molecular weight excluding hydrogens is 609 g/mol. The first-order valence-corrected chi connectivity index (χ1v) is 15.1. The van der Waals surface area contributed by atoms with E-state index < -0.39 is 45.5 Å². The van der Waals surface area contributed by atoms with Gasteiger partial charge in [-0.15, -0.1) is 0 Å². The van der Waals surface area contributed by atoms with Gasteiger partial charge in [0.25, 0.3) is 0 Å². The van der Waals surface area contributed by atoms with Gasteiger partial charge in [-0.3, -0.25) is 23.7 Å². The number of nitrogens with one attached hydrogen (secondary N) is 1. The molecule has 2 aliphatic rings. The highest BCUT2D eigenvalue weighted by atomic mass is 32.2. The lowest BCUT2D eigenvalue weighted by Crippen LogP contribution is -2.33. The number of ether oxygens (including phenoxy) is 3. The van der Waals surface area contributed by atoms with E-state index in [4.69, 9.17) is 14.2 Å². The van der Waals surface area contributed by atoms with Crippen LogP contribution in [0.15, 0.2) is 76.6 Å². The van der Waals surface area contributed by atoms with Gasteiger partial charge in [-0.2, -0.15) is 0 Å². The number of fused-ring (bicyclic) bond motifs is 2. The van der Waals surface area contributed by atoms with E-state index in [1.807, 2.05) is 0 Å². The van der Waals surface area contributed by atoms with Crippen LogP contribution in [0.5, 0.6) is 17.2 Å². The summed E-state index contributed by atoms with van der Waals surface area (Å²) in [6.45, 7) is -0.338. The van der Waals surface area contributed by atoms with Crippen molar-refractivity contribution >= 4 is 52.2 Å². The van der Waals surface area contributed by atoms with Crippen molar-refractivity contribution < 1.29 is 33.0 Å². The second-order valence-electron chi connectivity index (χ2n) is 10.0. The molecule has 0 aliphatic carbocycles. The van der Waals surface area contributed by atoms with Crippen molar-refractivity contribution in [3.05, 3.63) is 92.7 Å². The topological polar surface area (TPSA) is 116 Å². The minimum Gasteiger partial charge on any atom is -0.497 e. The van der Waals surface area contributed by atoms with Crippen LogP contribution in [-0.4, -0.2) is 48.9 Å². The average molecular weight is 636 g/mol. The fourth-order valence-electron chi connectivity index (χ4n) is 5.52. The summed E-state index contributed by atoms with van der Waals surface area (Å²) < 4.78 is 30.8. The number of halogens is 1. The first kappa shape index (κ1) is 29.5. The number of aromatic nitrogens is 1. The standard InChI is InChI=1S/C31H26FN3O7S2/c1-40-20-11-9-19(10-12-20)35-28(37)25-24(16-4-13-21(41-2)22(14-16)42-3)27-30(43-26(25)29(35)38)34(31(39)44-27)15-23(36)33-18-7-5-17(32)6-8-18/h4-14,24-26H,15H2,1-3H3,(H,33,36)/t24-,25-,26+/m0/s1. The smallest absolute Gasteiger partial charge is 0.308 e. The van der Waals surface area contributed by atoms with Gasteiger partial charge in [-0.25, -0.2) is 9.29 Å². The zero-order valence-electron chi connectivity index (χ0n) is 23.7. The molecular formula is C31H26FN3O7S2. The molecule has 3 heterocycles. The predicted molar refractivity (Wildman–Crippen MR) is 164 cm³/mol. The molecule has 3 amide bonds. The highest BCUT2D eigenvalue weighted by Gasteiger charge is 2.57. The minimum absolute atomic E-state index is 0.338. The maximum absolute atomic E-state index is 14.1. The van der Waals surface area contributed by atoms with Crippen molar-refractivity contribution in [1.82, 2.24) is 4.57 Å². The van der Waals surface area contributed by atoms with Crippen molar-refractivity contribution in [1.29, 1.82) is 0 Å². The second-order valence-corrected chi connectivity index (χ2v) is 12.2. The number of thioether (sulfide) groups is 1. The summed E-state index contributed by atoms with van der Waals surface area (Å²) in [4.78, 5) is 55.8. The minimum atomic E-state index is -0.865. The quantitative estimate of drug-likeness (QED) is 0.281. The average Bonchev–Trinajstić information content (AvgIpc) is 3.47. The third kappa shape index (κ3) is 5.11. The van der Waals surface area contributed by atoms with E-state index in [2.05, 4.69) is 5.32 Å². The molecule has 44 heavy (non-hydrogen) atoms. The molecule has 0 spiro atoms. The zero-order valence-corrected chi connectivity index (χ0v) is 25.4. The highest BCUT2D eigenvalue weighted by Crippen LogP contribution is 2.54.